The van der Waals surface area contributed by atoms with Crippen molar-refractivity contribution >= 4 is 58.0 Å². The Morgan fingerprint density at radius 3 is 2.60 bits per heavy atom. The third-order valence-electron chi connectivity index (χ3n) is 2.80. The topological polar surface area (TPSA) is 79.4 Å². The summed E-state index contributed by atoms with van der Waals surface area (Å²) in [6.07, 6.45) is 0.869. The van der Waals surface area contributed by atoms with E-state index >= 15 is 0 Å². The number of fused-ring (bicyclic) bond motifs is 1. The summed E-state index contributed by atoms with van der Waals surface area (Å²) in [5, 5.41) is 10.8. The SMILES string of the molecule is COC(=O)C(=O)C=C(O)c1c(C)[nH]c2ccccc12.[Na]. The van der Waals surface area contributed by atoms with Crippen LogP contribution in [0.1, 0.15) is 11.3 Å². The Labute approximate surface area is 137 Å². The zero-order chi connectivity index (χ0) is 14.0. The minimum absolute atomic E-state index is 0. The van der Waals surface area contributed by atoms with E-state index in [0.717, 1.165) is 24.1 Å². The number of H-pyrrole nitrogens is 1. The van der Waals surface area contributed by atoms with E-state index in [2.05, 4.69) is 9.72 Å². The minimum atomic E-state index is -1.01. The van der Waals surface area contributed by atoms with Crippen molar-refractivity contribution in [2.75, 3.05) is 7.11 Å². The molecule has 0 saturated heterocycles. The number of ether oxygens (including phenoxy) is 1. The first-order chi connectivity index (χ1) is 9.04. The second-order valence-corrected chi connectivity index (χ2v) is 4.06. The number of carbonyl (C=O) groups is 2. The number of carbonyl (C=O) groups excluding carboxylic acids is 2. The van der Waals surface area contributed by atoms with Crippen LogP contribution < -0.4 is 0 Å². The zero-order valence-corrected chi connectivity index (χ0v) is 13.6. The molecule has 2 aromatic rings. The quantitative estimate of drug-likeness (QED) is 0.295. The van der Waals surface area contributed by atoms with Gasteiger partial charge in [-0.25, -0.2) is 4.79 Å². The summed E-state index contributed by atoms with van der Waals surface area (Å²) in [6.45, 7) is 1.78. The molecule has 0 amide bonds. The average molecular weight is 282 g/mol. The molecular formula is C14H13NNaO4. The molecule has 0 aliphatic carbocycles. The van der Waals surface area contributed by atoms with Gasteiger partial charge in [0.2, 0.25) is 0 Å². The number of benzene rings is 1. The average Bonchev–Trinajstić information content (AvgIpc) is 2.73. The van der Waals surface area contributed by atoms with Crippen molar-refractivity contribution in [3.8, 4) is 0 Å². The Bertz CT molecular complexity index is 688. The van der Waals surface area contributed by atoms with Crippen LogP contribution in [-0.4, -0.2) is 58.5 Å². The van der Waals surface area contributed by atoms with Gasteiger partial charge in [-0.05, 0) is 13.0 Å². The number of aliphatic hydroxyl groups is 1. The molecule has 0 aliphatic heterocycles. The number of methoxy groups -OCH3 is 1. The number of rotatable bonds is 3. The van der Waals surface area contributed by atoms with Crippen LogP contribution >= 0.6 is 0 Å². The first-order valence-corrected chi connectivity index (χ1v) is 5.65. The van der Waals surface area contributed by atoms with Gasteiger partial charge < -0.3 is 14.8 Å². The predicted octanol–water partition coefficient (Wildman–Crippen LogP) is 1.74. The molecule has 5 nitrogen and oxygen atoms in total. The van der Waals surface area contributed by atoms with E-state index < -0.39 is 11.8 Å². The van der Waals surface area contributed by atoms with Crippen LogP contribution in [0, 0.1) is 6.92 Å². The summed E-state index contributed by atoms with van der Waals surface area (Å²) < 4.78 is 4.30. The summed E-state index contributed by atoms with van der Waals surface area (Å²) in [4.78, 5) is 25.5. The molecule has 0 bridgehead atoms. The van der Waals surface area contributed by atoms with Gasteiger partial charge in [0.15, 0.2) is 0 Å². The monoisotopic (exact) mass is 282 g/mol. The van der Waals surface area contributed by atoms with E-state index in [1.807, 2.05) is 24.3 Å². The predicted molar refractivity (Wildman–Crippen MR) is 76.4 cm³/mol. The van der Waals surface area contributed by atoms with Crippen LogP contribution in [-0.2, 0) is 14.3 Å². The molecule has 1 radical (unpaired) electrons. The Hall–Kier alpha value is -1.56. The van der Waals surface area contributed by atoms with Gasteiger partial charge in [0.1, 0.15) is 5.76 Å². The molecule has 0 atom stereocenters. The molecule has 0 saturated carbocycles. The normalized spacial score (nSPS) is 11.0. The maximum Gasteiger partial charge on any atom is 0.378 e. The Balaban J connectivity index is 0.00000200. The number of para-hydroxylation sites is 1. The summed E-state index contributed by atoms with van der Waals surface area (Å²) in [5.41, 5.74) is 2.07. The van der Waals surface area contributed by atoms with Crippen LogP contribution in [0.4, 0.5) is 0 Å². The van der Waals surface area contributed by atoms with Crippen LogP contribution in [0.2, 0.25) is 0 Å². The number of nitrogens with one attached hydrogen (secondary N) is 1. The van der Waals surface area contributed by atoms with Crippen molar-refractivity contribution in [2.24, 2.45) is 0 Å². The van der Waals surface area contributed by atoms with Crippen LogP contribution in [0.5, 0.6) is 0 Å². The Morgan fingerprint density at radius 2 is 1.95 bits per heavy atom. The van der Waals surface area contributed by atoms with Crippen molar-refractivity contribution in [2.45, 2.75) is 6.92 Å². The van der Waals surface area contributed by atoms with Gasteiger partial charge in [-0.1, -0.05) is 18.2 Å². The number of aromatic amines is 1. The fourth-order valence-electron chi connectivity index (χ4n) is 1.96. The third kappa shape index (κ3) is 3.12. The molecule has 0 fully saturated rings. The fraction of sp³-hybridized carbons (Fsp3) is 0.143. The Morgan fingerprint density at radius 1 is 1.30 bits per heavy atom. The maximum atomic E-state index is 11.4. The molecule has 0 spiro atoms. The fourth-order valence-corrected chi connectivity index (χ4v) is 1.96. The van der Waals surface area contributed by atoms with Gasteiger partial charge in [-0.15, -0.1) is 0 Å². The first kappa shape index (κ1) is 16.5. The van der Waals surface area contributed by atoms with E-state index in [9.17, 15) is 14.7 Å². The van der Waals surface area contributed by atoms with Crippen LogP contribution in [0.25, 0.3) is 16.7 Å². The van der Waals surface area contributed by atoms with Gasteiger partial charge in [-0.2, -0.15) is 0 Å². The Kier molecular flexibility index (Phi) is 5.56. The molecule has 2 N–H and O–H groups in total. The maximum absolute atomic E-state index is 11.4. The van der Waals surface area contributed by atoms with Crippen molar-refractivity contribution in [3.05, 3.63) is 41.6 Å². The molecule has 0 unspecified atom stereocenters. The molecule has 1 aromatic heterocycles. The van der Waals surface area contributed by atoms with Gasteiger partial charge in [0.05, 0.1) is 7.11 Å². The number of hydrogen-bond donors (Lipinski definition) is 2. The number of aromatic nitrogens is 1. The number of aryl methyl sites for hydroxylation is 1. The van der Waals surface area contributed by atoms with Gasteiger partial charge in [-0.3, -0.25) is 4.79 Å². The van der Waals surface area contributed by atoms with E-state index in [-0.39, 0.29) is 35.3 Å². The molecular weight excluding hydrogens is 269 g/mol. The molecule has 1 heterocycles. The standard InChI is InChI=1S/C14H13NO4.Na/c1-8-13(9-5-3-4-6-10(9)15-8)11(16)7-12(17)14(18)19-2;/h3-7,15-16H,1-2H3;. The van der Waals surface area contributed by atoms with Crippen molar-refractivity contribution in [3.63, 3.8) is 0 Å². The molecule has 6 heteroatoms. The summed E-state index contributed by atoms with van der Waals surface area (Å²) in [5.74, 6) is -2.17. The second-order valence-electron chi connectivity index (χ2n) is 4.06. The molecule has 99 valence electrons. The van der Waals surface area contributed by atoms with Gasteiger partial charge in [0.25, 0.3) is 5.78 Å². The van der Waals surface area contributed by atoms with E-state index in [1.54, 1.807) is 6.92 Å². The van der Waals surface area contributed by atoms with E-state index in [0.29, 0.717) is 11.3 Å². The van der Waals surface area contributed by atoms with E-state index in [1.165, 1.54) is 0 Å². The number of aliphatic hydroxyl groups excluding tert-OH is 1. The number of ketones is 1. The van der Waals surface area contributed by atoms with Crippen LogP contribution in [0.3, 0.4) is 0 Å². The summed E-state index contributed by atoms with van der Waals surface area (Å²) >= 11 is 0. The minimum Gasteiger partial charge on any atom is -0.507 e. The number of hydrogen-bond acceptors (Lipinski definition) is 4. The molecule has 2 rings (SSSR count). The van der Waals surface area contributed by atoms with Crippen LogP contribution in [0.15, 0.2) is 30.3 Å². The smallest absolute Gasteiger partial charge is 0.378 e. The molecule has 1 aromatic carbocycles. The third-order valence-corrected chi connectivity index (χ3v) is 2.80. The van der Waals surface area contributed by atoms with Crippen molar-refractivity contribution in [1.82, 2.24) is 4.98 Å². The van der Waals surface area contributed by atoms with Gasteiger partial charge >= 0.3 is 5.97 Å². The summed E-state index contributed by atoms with van der Waals surface area (Å²) in [7, 11) is 1.11. The largest absolute Gasteiger partial charge is 0.507 e. The number of esters is 1. The summed E-state index contributed by atoms with van der Waals surface area (Å²) in [6, 6.07) is 7.37. The van der Waals surface area contributed by atoms with E-state index in [4.69, 9.17) is 0 Å². The van der Waals surface area contributed by atoms with Crippen molar-refractivity contribution in [1.29, 1.82) is 0 Å². The first-order valence-electron chi connectivity index (χ1n) is 5.65. The van der Waals surface area contributed by atoms with Gasteiger partial charge in [0, 0.05) is 57.8 Å². The molecule has 0 aliphatic rings. The zero-order valence-electron chi connectivity index (χ0n) is 11.6. The molecule has 20 heavy (non-hydrogen) atoms. The second kappa shape index (κ2) is 6.74. The van der Waals surface area contributed by atoms with Crippen molar-refractivity contribution < 1.29 is 19.4 Å².